The molecule has 0 saturated heterocycles. The number of hydrogen-bond donors (Lipinski definition) is 0. The second-order valence-corrected chi connectivity index (χ2v) is 5.35. The molecule has 0 amide bonds. The lowest BCUT2D eigenvalue weighted by Crippen LogP contribution is -1.94. The van der Waals surface area contributed by atoms with Crippen LogP contribution >= 0.6 is 23.1 Å². The van der Waals surface area contributed by atoms with Gasteiger partial charge < -0.3 is 0 Å². The Labute approximate surface area is 105 Å². The van der Waals surface area contributed by atoms with E-state index in [1.165, 1.54) is 23.5 Å². The summed E-state index contributed by atoms with van der Waals surface area (Å²) in [5.41, 5.74) is 0.349. The van der Waals surface area contributed by atoms with E-state index in [1.807, 2.05) is 12.3 Å². The first-order chi connectivity index (χ1) is 8.08. The number of nitro benzene ring substituents is 1. The van der Waals surface area contributed by atoms with Crippen LogP contribution in [0.15, 0.2) is 32.8 Å². The minimum atomic E-state index is -0.826. The zero-order valence-electron chi connectivity index (χ0n) is 8.71. The molecule has 2 aromatic rings. The van der Waals surface area contributed by atoms with Gasteiger partial charge >= 0.3 is 5.69 Å². The number of para-hydroxylation sites is 1. The van der Waals surface area contributed by atoms with Crippen LogP contribution < -0.4 is 0 Å². The molecule has 0 saturated carbocycles. The van der Waals surface area contributed by atoms with Crippen molar-refractivity contribution < 1.29 is 9.31 Å². The van der Waals surface area contributed by atoms with Crippen molar-refractivity contribution in [3.63, 3.8) is 0 Å². The Balaban J connectivity index is 2.39. The summed E-state index contributed by atoms with van der Waals surface area (Å²) in [7, 11) is 0. The van der Waals surface area contributed by atoms with E-state index in [4.69, 9.17) is 0 Å². The molecular formula is C10H7FN2O2S2. The van der Waals surface area contributed by atoms with Crippen LogP contribution in [0.5, 0.6) is 0 Å². The summed E-state index contributed by atoms with van der Waals surface area (Å²) in [5.74, 6) is -0.826. The molecule has 1 aromatic heterocycles. The maximum Gasteiger partial charge on any atom is 0.318 e. The van der Waals surface area contributed by atoms with Gasteiger partial charge in [-0.25, -0.2) is 4.98 Å². The van der Waals surface area contributed by atoms with E-state index < -0.39 is 16.4 Å². The molecule has 0 aliphatic heterocycles. The average molecular weight is 270 g/mol. The first kappa shape index (κ1) is 12.0. The fourth-order valence-electron chi connectivity index (χ4n) is 1.23. The normalized spacial score (nSPS) is 10.5. The first-order valence-corrected chi connectivity index (χ1v) is 6.30. The van der Waals surface area contributed by atoms with Gasteiger partial charge in [0.2, 0.25) is 5.82 Å². The van der Waals surface area contributed by atoms with Gasteiger partial charge in [0.1, 0.15) is 0 Å². The van der Waals surface area contributed by atoms with E-state index in [9.17, 15) is 14.5 Å². The number of benzene rings is 1. The molecule has 0 unspecified atom stereocenters. The number of rotatable bonds is 3. The maximum absolute atomic E-state index is 13.3. The molecule has 0 N–H and O–H groups in total. The van der Waals surface area contributed by atoms with Crippen LogP contribution in [0.4, 0.5) is 10.1 Å². The molecule has 0 bridgehead atoms. The molecule has 7 heteroatoms. The lowest BCUT2D eigenvalue weighted by molar-refractivity contribution is -0.390. The van der Waals surface area contributed by atoms with Crippen LogP contribution in [0.1, 0.15) is 5.69 Å². The molecule has 0 aliphatic carbocycles. The number of aryl methyl sites for hydroxylation is 1. The second kappa shape index (κ2) is 4.80. The topological polar surface area (TPSA) is 56.0 Å². The highest BCUT2D eigenvalue weighted by atomic mass is 32.2. The smallest absolute Gasteiger partial charge is 0.258 e. The lowest BCUT2D eigenvalue weighted by Gasteiger charge is -2.00. The Bertz CT molecular complexity index is 571. The third-order valence-corrected chi connectivity index (χ3v) is 4.03. The van der Waals surface area contributed by atoms with E-state index in [2.05, 4.69) is 4.98 Å². The van der Waals surface area contributed by atoms with Crippen molar-refractivity contribution >= 4 is 28.8 Å². The molecule has 0 atom stereocenters. The molecule has 0 spiro atoms. The standard InChI is InChI=1S/C10H7FN2O2S2/c1-6-5-16-10(12-6)17-8-4-2-3-7(11)9(8)13(14)15/h2-5H,1H3. The van der Waals surface area contributed by atoms with E-state index in [0.717, 1.165) is 23.5 Å². The third kappa shape index (κ3) is 2.62. The fraction of sp³-hybridized carbons (Fsp3) is 0.100. The Hall–Kier alpha value is -1.47. The van der Waals surface area contributed by atoms with Gasteiger partial charge in [-0.3, -0.25) is 10.1 Å². The molecule has 4 nitrogen and oxygen atoms in total. The lowest BCUT2D eigenvalue weighted by atomic mass is 10.3. The zero-order chi connectivity index (χ0) is 12.4. The Kier molecular flexibility index (Phi) is 3.39. The first-order valence-electron chi connectivity index (χ1n) is 4.61. The highest BCUT2D eigenvalue weighted by Gasteiger charge is 2.21. The Morgan fingerprint density at radius 2 is 2.29 bits per heavy atom. The minimum Gasteiger partial charge on any atom is -0.258 e. The van der Waals surface area contributed by atoms with Crippen molar-refractivity contribution in [2.24, 2.45) is 0 Å². The average Bonchev–Trinajstić information content (AvgIpc) is 2.63. The van der Waals surface area contributed by atoms with Gasteiger partial charge in [0.05, 0.1) is 9.82 Å². The quantitative estimate of drug-likeness (QED) is 0.631. The van der Waals surface area contributed by atoms with E-state index >= 15 is 0 Å². The van der Waals surface area contributed by atoms with Gasteiger partial charge in [-0.15, -0.1) is 11.3 Å². The minimum absolute atomic E-state index is 0.268. The van der Waals surface area contributed by atoms with Gasteiger partial charge in [0.15, 0.2) is 4.34 Å². The summed E-state index contributed by atoms with van der Waals surface area (Å²) >= 11 is 2.48. The van der Waals surface area contributed by atoms with Gasteiger partial charge in [0, 0.05) is 11.1 Å². The molecule has 1 aromatic carbocycles. The third-order valence-electron chi connectivity index (χ3n) is 1.93. The fourth-order valence-corrected chi connectivity index (χ4v) is 3.15. The summed E-state index contributed by atoms with van der Waals surface area (Å²) in [4.78, 5) is 14.5. The number of hydrogen-bond acceptors (Lipinski definition) is 5. The number of aromatic nitrogens is 1. The van der Waals surface area contributed by atoms with Crippen LogP contribution in [-0.2, 0) is 0 Å². The number of nitrogens with zero attached hydrogens (tertiary/aromatic N) is 2. The number of thiazole rings is 1. The van der Waals surface area contributed by atoms with Crippen LogP contribution in [0.3, 0.4) is 0 Å². The summed E-state index contributed by atoms with van der Waals surface area (Å²) in [5, 5.41) is 12.6. The molecular weight excluding hydrogens is 263 g/mol. The molecule has 88 valence electrons. The van der Waals surface area contributed by atoms with Gasteiger partial charge in [-0.1, -0.05) is 17.8 Å². The molecule has 0 radical (unpaired) electrons. The Morgan fingerprint density at radius 1 is 1.53 bits per heavy atom. The van der Waals surface area contributed by atoms with Crippen molar-refractivity contribution in [2.45, 2.75) is 16.2 Å². The SMILES string of the molecule is Cc1csc(Sc2cccc(F)c2[N+](=O)[O-])n1. The van der Waals surface area contributed by atoms with Crippen molar-refractivity contribution in [2.75, 3.05) is 0 Å². The monoisotopic (exact) mass is 270 g/mol. The largest absolute Gasteiger partial charge is 0.318 e. The van der Waals surface area contributed by atoms with Crippen LogP contribution in [0.2, 0.25) is 0 Å². The van der Waals surface area contributed by atoms with Crippen LogP contribution in [0.25, 0.3) is 0 Å². The van der Waals surface area contributed by atoms with E-state index in [1.54, 1.807) is 0 Å². The predicted molar refractivity (Wildman–Crippen MR) is 64.0 cm³/mol. The van der Waals surface area contributed by atoms with Gasteiger partial charge in [0.25, 0.3) is 0 Å². The summed E-state index contributed by atoms with van der Waals surface area (Å²) in [6.45, 7) is 1.83. The van der Waals surface area contributed by atoms with E-state index in [0.29, 0.717) is 4.34 Å². The Morgan fingerprint density at radius 3 is 2.88 bits per heavy atom. The van der Waals surface area contributed by atoms with Crippen LogP contribution in [0, 0.1) is 22.9 Å². The van der Waals surface area contributed by atoms with Gasteiger partial charge in [-0.05, 0) is 19.1 Å². The second-order valence-electron chi connectivity index (χ2n) is 3.20. The molecule has 0 fully saturated rings. The molecule has 0 aliphatic rings. The van der Waals surface area contributed by atoms with Crippen molar-refractivity contribution in [3.05, 3.63) is 45.2 Å². The zero-order valence-corrected chi connectivity index (χ0v) is 10.3. The summed E-state index contributed by atoms with van der Waals surface area (Å²) in [6.07, 6.45) is 0. The number of nitro groups is 1. The van der Waals surface area contributed by atoms with Crippen molar-refractivity contribution in [1.82, 2.24) is 4.98 Å². The van der Waals surface area contributed by atoms with Crippen molar-refractivity contribution in [1.29, 1.82) is 0 Å². The summed E-state index contributed by atoms with van der Waals surface area (Å²) in [6, 6.07) is 4.04. The molecule has 1 heterocycles. The highest BCUT2D eigenvalue weighted by molar-refractivity contribution is 8.01. The van der Waals surface area contributed by atoms with Gasteiger partial charge in [-0.2, -0.15) is 4.39 Å². The summed E-state index contributed by atoms with van der Waals surface area (Å²) < 4.78 is 14.0. The highest BCUT2D eigenvalue weighted by Crippen LogP contribution is 2.37. The molecule has 17 heavy (non-hydrogen) atoms. The van der Waals surface area contributed by atoms with Crippen molar-refractivity contribution in [3.8, 4) is 0 Å². The van der Waals surface area contributed by atoms with Crippen LogP contribution in [-0.4, -0.2) is 9.91 Å². The maximum atomic E-state index is 13.3. The number of halogens is 1. The predicted octanol–water partition coefficient (Wildman–Crippen LogP) is 3.65. The molecule has 2 rings (SSSR count). The van der Waals surface area contributed by atoms with E-state index in [-0.39, 0.29) is 4.90 Å².